The van der Waals surface area contributed by atoms with Crippen molar-refractivity contribution in [1.82, 2.24) is 4.90 Å². The van der Waals surface area contributed by atoms with E-state index in [9.17, 15) is 18.0 Å². The Kier molecular flexibility index (Phi) is 5.22. The number of hydrogen-bond acceptors (Lipinski definition) is 3. The van der Waals surface area contributed by atoms with Gasteiger partial charge in [0.15, 0.2) is 0 Å². The highest BCUT2D eigenvalue weighted by molar-refractivity contribution is 6.31. The first-order chi connectivity index (χ1) is 11.0. The van der Waals surface area contributed by atoms with E-state index in [4.69, 9.17) is 16.3 Å². The highest BCUT2D eigenvalue weighted by Gasteiger charge is 2.34. The zero-order chi connectivity index (χ0) is 18.1. The van der Waals surface area contributed by atoms with Gasteiger partial charge in [-0.15, -0.1) is 0 Å². The van der Waals surface area contributed by atoms with Crippen molar-refractivity contribution >= 4 is 23.4 Å². The normalized spacial score (nSPS) is 16.3. The van der Waals surface area contributed by atoms with Crippen LogP contribution in [-0.4, -0.2) is 42.8 Å². The Morgan fingerprint density at radius 3 is 2.21 bits per heavy atom. The van der Waals surface area contributed by atoms with Crippen LogP contribution in [0.1, 0.15) is 26.3 Å². The highest BCUT2D eigenvalue weighted by atomic mass is 35.5. The van der Waals surface area contributed by atoms with Gasteiger partial charge < -0.3 is 14.5 Å². The number of anilines is 1. The fraction of sp³-hybridized carbons (Fsp3) is 0.562. The molecular formula is C16H20ClF3N2O2. The Labute approximate surface area is 144 Å². The van der Waals surface area contributed by atoms with Gasteiger partial charge in [0.05, 0.1) is 10.6 Å². The monoisotopic (exact) mass is 364 g/mol. The molecule has 0 N–H and O–H groups in total. The molecule has 1 aliphatic heterocycles. The topological polar surface area (TPSA) is 32.8 Å². The summed E-state index contributed by atoms with van der Waals surface area (Å²) in [6, 6.07) is 3.85. The van der Waals surface area contributed by atoms with Crippen LogP contribution in [0.25, 0.3) is 0 Å². The van der Waals surface area contributed by atoms with Crippen LogP contribution in [0.3, 0.4) is 0 Å². The van der Waals surface area contributed by atoms with E-state index in [0.717, 1.165) is 6.07 Å². The van der Waals surface area contributed by atoms with E-state index in [1.807, 2.05) is 0 Å². The lowest BCUT2D eigenvalue weighted by molar-refractivity contribution is -0.137. The van der Waals surface area contributed by atoms with Gasteiger partial charge in [-0.1, -0.05) is 11.6 Å². The van der Waals surface area contributed by atoms with Gasteiger partial charge in [-0.2, -0.15) is 13.2 Å². The number of hydrogen-bond donors (Lipinski definition) is 0. The number of halogens is 4. The van der Waals surface area contributed by atoms with E-state index in [1.165, 1.54) is 6.07 Å². The molecule has 0 unspecified atom stereocenters. The summed E-state index contributed by atoms with van der Waals surface area (Å²) in [5.41, 5.74) is -0.988. The summed E-state index contributed by atoms with van der Waals surface area (Å²) in [5, 5.41) is -0.321. The zero-order valence-electron chi connectivity index (χ0n) is 13.8. The van der Waals surface area contributed by atoms with Crippen molar-refractivity contribution < 1.29 is 22.7 Å². The largest absolute Gasteiger partial charge is 0.444 e. The predicted octanol–water partition coefficient (Wildman–Crippen LogP) is 4.42. The number of amides is 1. The van der Waals surface area contributed by atoms with Gasteiger partial charge in [0.1, 0.15) is 5.60 Å². The molecule has 0 saturated carbocycles. The van der Waals surface area contributed by atoms with Gasteiger partial charge in [-0.05, 0) is 39.0 Å². The van der Waals surface area contributed by atoms with Gasteiger partial charge in [0, 0.05) is 31.9 Å². The summed E-state index contributed by atoms with van der Waals surface area (Å²) < 4.78 is 44.1. The number of nitrogens with zero attached hydrogens (tertiary/aromatic N) is 2. The Morgan fingerprint density at radius 1 is 1.12 bits per heavy atom. The number of piperazine rings is 1. The first kappa shape index (κ1) is 18.7. The summed E-state index contributed by atoms with van der Waals surface area (Å²) in [4.78, 5) is 15.4. The van der Waals surface area contributed by atoms with E-state index in [-0.39, 0.29) is 5.02 Å². The third kappa shape index (κ3) is 4.69. The molecule has 0 spiro atoms. The van der Waals surface area contributed by atoms with E-state index in [0.29, 0.717) is 31.9 Å². The van der Waals surface area contributed by atoms with Crippen LogP contribution >= 0.6 is 11.6 Å². The standard InChI is InChI=1S/C16H20ClF3N2O2/c1-15(2,3)24-14(23)22-8-6-21(7-9-22)11-4-5-13(17)12(10-11)16(18,19)20/h4-5,10H,6-9H2,1-3H3. The van der Waals surface area contributed by atoms with Gasteiger partial charge in [0.2, 0.25) is 0 Å². The second kappa shape index (κ2) is 6.70. The maximum Gasteiger partial charge on any atom is 0.417 e. The van der Waals surface area contributed by atoms with Gasteiger partial charge in [0.25, 0.3) is 0 Å². The molecule has 1 fully saturated rings. The number of carbonyl (C=O) groups excluding carboxylic acids is 1. The molecule has 0 radical (unpaired) electrons. The lowest BCUT2D eigenvalue weighted by atomic mass is 10.1. The average Bonchev–Trinajstić information content (AvgIpc) is 2.45. The predicted molar refractivity (Wildman–Crippen MR) is 86.5 cm³/mol. The average molecular weight is 365 g/mol. The van der Waals surface area contributed by atoms with Crippen LogP contribution in [-0.2, 0) is 10.9 Å². The number of alkyl halides is 3. The Hall–Kier alpha value is -1.63. The quantitative estimate of drug-likeness (QED) is 0.739. The minimum atomic E-state index is -4.49. The molecule has 0 aliphatic carbocycles. The van der Waals surface area contributed by atoms with Crippen molar-refractivity contribution in [2.75, 3.05) is 31.1 Å². The van der Waals surface area contributed by atoms with Crippen molar-refractivity contribution in [3.63, 3.8) is 0 Å². The lowest BCUT2D eigenvalue weighted by Gasteiger charge is -2.37. The number of carbonyl (C=O) groups is 1. The van der Waals surface area contributed by atoms with Crippen LogP contribution in [0.4, 0.5) is 23.7 Å². The molecular weight excluding hydrogens is 345 g/mol. The number of ether oxygens (including phenoxy) is 1. The van der Waals surface area contributed by atoms with Crippen molar-refractivity contribution in [2.24, 2.45) is 0 Å². The molecule has 134 valence electrons. The first-order valence-electron chi connectivity index (χ1n) is 7.57. The maximum atomic E-state index is 12.9. The molecule has 0 aromatic heterocycles. The third-order valence-corrected chi connectivity index (χ3v) is 3.88. The smallest absolute Gasteiger partial charge is 0.417 e. The first-order valence-corrected chi connectivity index (χ1v) is 7.95. The minimum absolute atomic E-state index is 0.321. The fourth-order valence-electron chi connectivity index (χ4n) is 2.40. The van der Waals surface area contributed by atoms with Crippen LogP contribution in [0.2, 0.25) is 5.02 Å². The van der Waals surface area contributed by atoms with E-state index >= 15 is 0 Å². The van der Waals surface area contributed by atoms with Gasteiger partial charge in [-0.25, -0.2) is 4.79 Å². The summed E-state index contributed by atoms with van der Waals surface area (Å²) in [7, 11) is 0. The molecule has 1 aromatic rings. The highest BCUT2D eigenvalue weighted by Crippen LogP contribution is 2.37. The Balaban J connectivity index is 2.04. The van der Waals surface area contributed by atoms with E-state index < -0.39 is 23.4 Å². The van der Waals surface area contributed by atoms with Crippen molar-refractivity contribution in [3.8, 4) is 0 Å². The molecule has 1 saturated heterocycles. The van der Waals surface area contributed by atoms with Crippen LogP contribution in [0.15, 0.2) is 18.2 Å². The Bertz CT molecular complexity index is 606. The number of benzene rings is 1. The molecule has 8 heteroatoms. The summed E-state index contributed by atoms with van der Waals surface area (Å²) >= 11 is 5.64. The van der Waals surface area contributed by atoms with Crippen molar-refractivity contribution in [3.05, 3.63) is 28.8 Å². The maximum absolute atomic E-state index is 12.9. The minimum Gasteiger partial charge on any atom is -0.444 e. The summed E-state index contributed by atoms with van der Waals surface area (Å²) in [6.07, 6.45) is -4.90. The molecule has 4 nitrogen and oxygen atoms in total. The third-order valence-electron chi connectivity index (χ3n) is 3.55. The molecule has 24 heavy (non-hydrogen) atoms. The van der Waals surface area contributed by atoms with Crippen molar-refractivity contribution in [1.29, 1.82) is 0 Å². The van der Waals surface area contributed by atoms with E-state index in [2.05, 4.69) is 0 Å². The van der Waals surface area contributed by atoms with Gasteiger partial charge >= 0.3 is 12.3 Å². The zero-order valence-corrected chi connectivity index (χ0v) is 14.5. The van der Waals surface area contributed by atoms with Crippen LogP contribution < -0.4 is 4.90 Å². The van der Waals surface area contributed by atoms with Crippen molar-refractivity contribution in [2.45, 2.75) is 32.5 Å². The number of rotatable bonds is 1. The molecule has 1 heterocycles. The molecule has 1 aromatic carbocycles. The molecule has 1 aliphatic rings. The molecule has 2 rings (SSSR count). The summed E-state index contributed by atoms with van der Waals surface area (Å²) in [5.74, 6) is 0. The van der Waals surface area contributed by atoms with Gasteiger partial charge in [-0.3, -0.25) is 0 Å². The second-order valence-corrected chi connectivity index (χ2v) is 7.02. The van der Waals surface area contributed by atoms with Crippen LogP contribution in [0, 0.1) is 0 Å². The van der Waals surface area contributed by atoms with Crippen LogP contribution in [0.5, 0.6) is 0 Å². The SMILES string of the molecule is CC(C)(C)OC(=O)N1CCN(c2ccc(Cl)c(C(F)(F)F)c2)CC1. The molecule has 1 amide bonds. The van der Waals surface area contributed by atoms with E-state index in [1.54, 1.807) is 36.6 Å². The summed E-state index contributed by atoms with van der Waals surface area (Å²) in [6.45, 7) is 6.99. The fourth-order valence-corrected chi connectivity index (χ4v) is 2.63. The second-order valence-electron chi connectivity index (χ2n) is 6.62. The molecule has 0 atom stereocenters. The lowest BCUT2D eigenvalue weighted by Crippen LogP contribution is -2.50. The Morgan fingerprint density at radius 2 is 1.71 bits per heavy atom. The molecule has 0 bridgehead atoms.